The van der Waals surface area contributed by atoms with Crippen molar-refractivity contribution < 1.29 is 5.11 Å². The summed E-state index contributed by atoms with van der Waals surface area (Å²) < 4.78 is 0. The molecule has 1 atom stereocenters. The Morgan fingerprint density at radius 3 is 2.31 bits per heavy atom. The highest BCUT2D eigenvalue weighted by Gasteiger charge is 2.12. The number of aliphatic imine (C=N–C) groups is 1. The first-order chi connectivity index (χ1) is 13.4. The molecule has 0 radical (unpaired) electrons. The maximum atomic E-state index is 9.33. The highest BCUT2D eigenvalue weighted by atomic mass is 127. The molecule has 6 heteroatoms. The molecule has 0 heterocycles. The van der Waals surface area contributed by atoms with Gasteiger partial charge in [0.25, 0.3) is 0 Å². The fourth-order valence-corrected chi connectivity index (χ4v) is 3.22. The van der Waals surface area contributed by atoms with Gasteiger partial charge in [-0.1, -0.05) is 38.1 Å². The average Bonchev–Trinajstić information content (AvgIpc) is 2.64. The minimum absolute atomic E-state index is 0. The summed E-state index contributed by atoms with van der Waals surface area (Å²) in [6.45, 7) is 14.5. The summed E-state index contributed by atoms with van der Waals surface area (Å²) in [5.74, 6) is 1.93. The molecule has 0 amide bonds. The van der Waals surface area contributed by atoms with E-state index in [2.05, 4.69) is 81.5 Å². The lowest BCUT2D eigenvalue weighted by Crippen LogP contribution is -2.40. The van der Waals surface area contributed by atoms with Crippen molar-refractivity contribution in [1.29, 1.82) is 0 Å². The fourth-order valence-electron chi connectivity index (χ4n) is 3.22. The minimum Gasteiger partial charge on any atom is -0.396 e. The van der Waals surface area contributed by atoms with Crippen LogP contribution >= 0.6 is 24.0 Å². The lowest BCUT2D eigenvalue weighted by Gasteiger charge is -2.22. The smallest absolute Gasteiger partial charge is 0.191 e. The molecule has 168 valence electrons. The molecule has 0 aliphatic heterocycles. The Labute approximate surface area is 195 Å². The molecule has 1 aromatic rings. The van der Waals surface area contributed by atoms with Gasteiger partial charge in [0.1, 0.15) is 0 Å². The zero-order valence-electron chi connectivity index (χ0n) is 19.2. The topological polar surface area (TPSA) is 59.9 Å². The van der Waals surface area contributed by atoms with Gasteiger partial charge in [-0.25, -0.2) is 4.99 Å². The number of rotatable bonds is 12. The SMILES string of the molecule is CCNC(=NCc1ccccc1CN(C)C(C)C)NCC(CCO)CC(C)C.I. The summed E-state index contributed by atoms with van der Waals surface area (Å²) in [5, 5.41) is 16.2. The van der Waals surface area contributed by atoms with Crippen LogP contribution in [-0.2, 0) is 13.1 Å². The van der Waals surface area contributed by atoms with Crippen LogP contribution in [0.3, 0.4) is 0 Å². The Hall–Kier alpha value is -0.860. The molecule has 0 aromatic heterocycles. The molecular formula is C23H43IN4O. The monoisotopic (exact) mass is 518 g/mol. The molecule has 0 aliphatic carbocycles. The third-order valence-corrected chi connectivity index (χ3v) is 5.07. The van der Waals surface area contributed by atoms with Crippen LogP contribution in [0.4, 0.5) is 0 Å². The van der Waals surface area contributed by atoms with Crippen molar-refractivity contribution in [2.45, 2.75) is 66.6 Å². The van der Waals surface area contributed by atoms with Crippen molar-refractivity contribution in [2.75, 3.05) is 26.7 Å². The van der Waals surface area contributed by atoms with Gasteiger partial charge >= 0.3 is 0 Å². The molecule has 3 N–H and O–H groups in total. The summed E-state index contributed by atoms with van der Waals surface area (Å²) in [5.41, 5.74) is 2.59. The summed E-state index contributed by atoms with van der Waals surface area (Å²) in [6.07, 6.45) is 1.94. The number of aliphatic hydroxyl groups excluding tert-OH is 1. The minimum atomic E-state index is 0. The Morgan fingerprint density at radius 1 is 1.10 bits per heavy atom. The van der Waals surface area contributed by atoms with Crippen LogP contribution in [0.5, 0.6) is 0 Å². The first-order valence-electron chi connectivity index (χ1n) is 10.8. The second kappa shape index (κ2) is 15.9. The van der Waals surface area contributed by atoms with Crippen LogP contribution in [-0.4, -0.2) is 48.8 Å². The van der Waals surface area contributed by atoms with Crippen molar-refractivity contribution in [3.8, 4) is 0 Å². The maximum absolute atomic E-state index is 9.33. The predicted molar refractivity (Wildman–Crippen MR) is 136 cm³/mol. The summed E-state index contributed by atoms with van der Waals surface area (Å²) in [6, 6.07) is 9.07. The van der Waals surface area contributed by atoms with Gasteiger partial charge in [-0.3, -0.25) is 4.90 Å². The molecular weight excluding hydrogens is 475 g/mol. The lowest BCUT2D eigenvalue weighted by atomic mass is 9.94. The van der Waals surface area contributed by atoms with Crippen molar-refractivity contribution in [3.05, 3.63) is 35.4 Å². The second-order valence-corrected chi connectivity index (χ2v) is 8.36. The molecule has 5 nitrogen and oxygen atoms in total. The second-order valence-electron chi connectivity index (χ2n) is 8.36. The number of hydrogen-bond acceptors (Lipinski definition) is 3. The van der Waals surface area contributed by atoms with Crippen molar-refractivity contribution in [3.63, 3.8) is 0 Å². The Bertz CT molecular complexity index is 578. The number of aliphatic hydroxyl groups is 1. The van der Waals surface area contributed by atoms with Crippen LogP contribution in [0, 0.1) is 11.8 Å². The van der Waals surface area contributed by atoms with Gasteiger partial charge in [-0.2, -0.15) is 0 Å². The fraction of sp³-hybridized carbons (Fsp3) is 0.696. The van der Waals surface area contributed by atoms with E-state index in [1.807, 2.05) is 0 Å². The summed E-state index contributed by atoms with van der Waals surface area (Å²) in [7, 11) is 2.16. The van der Waals surface area contributed by atoms with E-state index in [0.717, 1.165) is 38.4 Å². The van der Waals surface area contributed by atoms with Crippen molar-refractivity contribution in [1.82, 2.24) is 15.5 Å². The van der Waals surface area contributed by atoms with Crippen LogP contribution in [0.1, 0.15) is 58.6 Å². The van der Waals surface area contributed by atoms with Crippen molar-refractivity contribution >= 4 is 29.9 Å². The van der Waals surface area contributed by atoms with E-state index in [0.29, 0.717) is 24.4 Å². The zero-order valence-corrected chi connectivity index (χ0v) is 21.6. The Balaban J connectivity index is 0.00000784. The molecule has 0 aliphatic rings. The Kier molecular flexibility index (Phi) is 15.4. The van der Waals surface area contributed by atoms with E-state index in [9.17, 15) is 5.11 Å². The highest BCUT2D eigenvalue weighted by Crippen LogP contribution is 2.15. The number of benzene rings is 1. The largest absolute Gasteiger partial charge is 0.396 e. The normalized spacial score (nSPS) is 13.0. The van der Waals surface area contributed by atoms with Crippen LogP contribution < -0.4 is 10.6 Å². The number of hydrogen-bond donors (Lipinski definition) is 3. The van der Waals surface area contributed by atoms with Gasteiger partial charge < -0.3 is 15.7 Å². The first-order valence-corrected chi connectivity index (χ1v) is 10.8. The predicted octanol–water partition coefficient (Wildman–Crippen LogP) is 4.24. The molecule has 1 rings (SSSR count). The number of guanidine groups is 1. The number of nitrogens with one attached hydrogen (secondary N) is 2. The molecule has 29 heavy (non-hydrogen) atoms. The number of nitrogens with zero attached hydrogens (tertiary/aromatic N) is 2. The molecule has 0 saturated heterocycles. The van der Waals surface area contributed by atoms with Crippen molar-refractivity contribution in [2.24, 2.45) is 16.8 Å². The zero-order chi connectivity index (χ0) is 20.9. The first kappa shape index (κ1) is 28.1. The summed E-state index contributed by atoms with van der Waals surface area (Å²) >= 11 is 0. The number of halogens is 1. The third kappa shape index (κ3) is 11.8. The van der Waals surface area contributed by atoms with Gasteiger partial charge in [-0.05, 0) is 63.6 Å². The van der Waals surface area contributed by atoms with E-state index in [4.69, 9.17) is 4.99 Å². The summed E-state index contributed by atoms with van der Waals surface area (Å²) in [4.78, 5) is 7.17. The van der Waals surface area contributed by atoms with E-state index < -0.39 is 0 Å². The van der Waals surface area contributed by atoms with E-state index in [1.165, 1.54) is 11.1 Å². The van der Waals surface area contributed by atoms with E-state index in [-0.39, 0.29) is 30.6 Å². The van der Waals surface area contributed by atoms with E-state index in [1.54, 1.807) is 0 Å². The van der Waals surface area contributed by atoms with Gasteiger partial charge in [-0.15, -0.1) is 24.0 Å². The van der Waals surface area contributed by atoms with Gasteiger partial charge in [0.15, 0.2) is 5.96 Å². The molecule has 1 aromatic carbocycles. The molecule has 0 spiro atoms. The van der Waals surface area contributed by atoms with Gasteiger partial charge in [0.05, 0.1) is 6.54 Å². The van der Waals surface area contributed by atoms with Crippen LogP contribution in [0.25, 0.3) is 0 Å². The Morgan fingerprint density at radius 2 is 1.76 bits per heavy atom. The van der Waals surface area contributed by atoms with E-state index >= 15 is 0 Å². The van der Waals surface area contributed by atoms with Gasteiger partial charge in [0.2, 0.25) is 0 Å². The molecule has 1 unspecified atom stereocenters. The highest BCUT2D eigenvalue weighted by molar-refractivity contribution is 14.0. The quantitative estimate of drug-likeness (QED) is 0.220. The molecule has 0 saturated carbocycles. The van der Waals surface area contributed by atoms with Crippen LogP contribution in [0.2, 0.25) is 0 Å². The van der Waals surface area contributed by atoms with Crippen LogP contribution in [0.15, 0.2) is 29.3 Å². The third-order valence-electron chi connectivity index (χ3n) is 5.07. The average molecular weight is 519 g/mol. The standard InChI is InChI=1S/C23H42N4O.HI/c1-7-24-23(25-15-20(12-13-28)14-18(2)3)26-16-21-10-8-9-11-22(21)17-27(6)19(4)5;/h8-11,18-20,28H,7,12-17H2,1-6H3,(H2,24,25,26);1H. The molecule has 0 bridgehead atoms. The molecule has 0 fully saturated rings. The van der Waals surface area contributed by atoms with Gasteiger partial charge in [0, 0.05) is 32.3 Å². The lowest BCUT2D eigenvalue weighted by molar-refractivity contribution is 0.243. The maximum Gasteiger partial charge on any atom is 0.191 e.